The minimum absolute atomic E-state index is 0.0533. The third-order valence-electron chi connectivity index (χ3n) is 2.79. The zero-order valence-electron chi connectivity index (χ0n) is 12.1. The van der Waals surface area contributed by atoms with E-state index in [9.17, 15) is 4.79 Å². The van der Waals surface area contributed by atoms with Crippen molar-refractivity contribution in [2.45, 2.75) is 13.8 Å². The maximum absolute atomic E-state index is 11.8. The molecule has 0 aliphatic rings. The zero-order valence-corrected chi connectivity index (χ0v) is 12.1. The second kappa shape index (κ2) is 7.28. The number of rotatable bonds is 6. The fourth-order valence-corrected chi connectivity index (χ4v) is 1.75. The first kappa shape index (κ1) is 14.8. The van der Waals surface area contributed by atoms with Crippen LogP contribution in [0.2, 0.25) is 0 Å². The van der Waals surface area contributed by atoms with Crippen LogP contribution in [0.4, 0.5) is 5.69 Å². The van der Waals surface area contributed by atoms with Gasteiger partial charge in [-0.1, -0.05) is 0 Å². The number of benzene rings is 1. The lowest BCUT2D eigenvalue weighted by Gasteiger charge is -2.09. The molecule has 1 aromatic carbocycles. The molecule has 0 saturated heterocycles. The number of hydrogen-bond acceptors (Lipinski definition) is 4. The molecule has 1 heterocycles. The topological polar surface area (TPSA) is 60.5 Å². The molecule has 2 rings (SSSR count). The number of ether oxygens (including phenoxy) is 2. The predicted octanol–water partition coefficient (Wildman–Crippen LogP) is 2.81. The summed E-state index contributed by atoms with van der Waals surface area (Å²) in [6.07, 6.45) is 1.68. The average molecular weight is 286 g/mol. The van der Waals surface area contributed by atoms with Crippen molar-refractivity contribution in [3.05, 3.63) is 48.3 Å². The van der Waals surface area contributed by atoms with Crippen molar-refractivity contribution in [1.82, 2.24) is 4.98 Å². The van der Waals surface area contributed by atoms with E-state index < -0.39 is 0 Å². The Morgan fingerprint density at radius 1 is 1.14 bits per heavy atom. The van der Waals surface area contributed by atoms with E-state index in [0.717, 1.165) is 11.4 Å². The molecule has 0 saturated carbocycles. The minimum Gasteiger partial charge on any atom is -0.494 e. The molecule has 5 nitrogen and oxygen atoms in total. The average Bonchev–Trinajstić information content (AvgIpc) is 2.49. The van der Waals surface area contributed by atoms with Crippen LogP contribution in [0.5, 0.6) is 11.5 Å². The summed E-state index contributed by atoms with van der Waals surface area (Å²) in [7, 11) is 0. The van der Waals surface area contributed by atoms with Gasteiger partial charge in [0.05, 0.1) is 18.0 Å². The summed E-state index contributed by atoms with van der Waals surface area (Å²) in [6, 6.07) is 10.7. The molecule has 21 heavy (non-hydrogen) atoms. The van der Waals surface area contributed by atoms with Gasteiger partial charge in [-0.25, -0.2) is 0 Å². The standard InChI is InChI=1S/C16H18N2O3/c1-3-20-13-6-8-14(9-7-13)21-11-16(19)18-15-5-4-10-17-12(15)2/h4-10H,3,11H2,1-2H3,(H,18,19). The number of nitrogens with one attached hydrogen (secondary N) is 1. The van der Waals surface area contributed by atoms with Gasteiger partial charge in [0.15, 0.2) is 6.61 Å². The lowest BCUT2D eigenvalue weighted by molar-refractivity contribution is -0.118. The van der Waals surface area contributed by atoms with Gasteiger partial charge in [-0.3, -0.25) is 9.78 Å². The highest BCUT2D eigenvalue weighted by Gasteiger charge is 2.06. The van der Waals surface area contributed by atoms with Gasteiger partial charge in [0.1, 0.15) is 11.5 Å². The highest BCUT2D eigenvalue weighted by Crippen LogP contribution is 2.17. The summed E-state index contributed by atoms with van der Waals surface area (Å²) >= 11 is 0. The Kier molecular flexibility index (Phi) is 5.15. The van der Waals surface area contributed by atoms with Crippen LogP contribution in [0.1, 0.15) is 12.6 Å². The summed E-state index contributed by atoms with van der Waals surface area (Å²) in [5.41, 5.74) is 1.46. The van der Waals surface area contributed by atoms with Gasteiger partial charge in [-0.05, 0) is 50.2 Å². The number of pyridine rings is 1. The molecular weight excluding hydrogens is 268 g/mol. The van der Waals surface area contributed by atoms with E-state index in [4.69, 9.17) is 9.47 Å². The van der Waals surface area contributed by atoms with E-state index in [0.29, 0.717) is 18.0 Å². The summed E-state index contributed by atoms with van der Waals surface area (Å²) in [5.74, 6) is 1.18. The van der Waals surface area contributed by atoms with Gasteiger partial charge >= 0.3 is 0 Å². The Bertz CT molecular complexity index is 597. The molecule has 1 N–H and O–H groups in total. The number of amides is 1. The second-order valence-electron chi connectivity index (χ2n) is 4.38. The molecular formula is C16H18N2O3. The molecule has 0 aliphatic heterocycles. The van der Waals surface area contributed by atoms with Crippen LogP contribution >= 0.6 is 0 Å². The maximum atomic E-state index is 11.8. The van der Waals surface area contributed by atoms with Gasteiger partial charge in [-0.2, -0.15) is 0 Å². The number of nitrogens with zero attached hydrogens (tertiary/aromatic N) is 1. The van der Waals surface area contributed by atoms with Crippen LogP contribution in [0, 0.1) is 6.92 Å². The second-order valence-corrected chi connectivity index (χ2v) is 4.38. The van der Waals surface area contributed by atoms with E-state index in [1.165, 1.54) is 0 Å². The predicted molar refractivity (Wildman–Crippen MR) is 80.7 cm³/mol. The van der Waals surface area contributed by atoms with Crippen molar-refractivity contribution < 1.29 is 14.3 Å². The van der Waals surface area contributed by atoms with Gasteiger partial charge in [-0.15, -0.1) is 0 Å². The third kappa shape index (κ3) is 4.49. The van der Waals surface area contributed by atoms with Gasteiger partial charge in [0, 0.05) is 6.20 Å². The molecule has 110 valence electrons. The molecule has 0 fully saturated rings. The Labute approximate surface area is 123 Å². The molecule has 0 atom stereocenters. The van der Waals surface area contributed by atoms with E-state index in [1.807, 2.05) is 26.0 Å². The maximum Gasteiger partial charge on any atom is 0.262 e. The molecule has 1 amide bonds. The quantitative estimate of drug-likeness (QED) is 0.887. The van der Waals surface area contributed by atoms with E-state index in [2.05, 4.69) is 10.3 Å². The van der Waals surface area contributed by atoms with Crippen LogP contribution in [0.25, 0.3) is 0 Å². The largest absolute Gasteiger partial charge is 0.494 e. The number of aromatic nitrogens is 1. The number of anilines is 1. The van der Waals surface area contributed by atoms with Gasteiger partial charge in [0.25, 0.3) is 5.91 Å². The van der Waals surface area contributed by atoms with Crippen LogP contribution in [0.15, 0.2) is 42.6 Å². The molecule has 0 radical (unpaired) electrons. The Morgan fingerprint density at radius 2 is 1.81 bits per heavy atom. The molecule has 1 aromatic heterocycles. The first-order chi connectivity index (χ1) is 10.2. The van der Waals surface area contributed by atoms with E-state index in [-0.39, 0.29) is 12.5 Å². The number of carbonyl (C=O) groups is 1. The first-order valence-electron chi connectivity index (χ1n) is 6.76. The van der Waals surface area contributed by atoms with Crippen LogP contribution in [0.3, 0.4) is 0 Å². The van der Waals surface area contributed by atoms with Crippen molar-refractivity contribution in [2.24, 2.45) is 0 Å². The Balaban J connectivity index is 1.85. The highest BCUT2D eigenvalue weighted by atomic mass is 16.5. The summed E-state index contributed by atoms with van der Waals surface area (Å²) < 4.78 is 10.8. The molecule has 0 spiro atoms. The lowest BCUT2D eigenvalue weighted by atomic mass is 10.3. The highest BCUT2D eigenvalue weighted by molar-refractivity contribution is 5.92. The monoisotopic (exact) mass is 286 g/mol. The molecule has 0 unspecified atom stereocenters. The number of aryl methyl sites for hydroxylation is 1. The van der Waals surface area contributed by atoms with Crippen molar-refractivity contribution in [3.8, 4) is 11.5 Å². The summed E-state index contributed by atoms with van der Waals surface area (Å²) in [6.45, 7) is 4.33. The summed E-state index contributed by atoms with van der Waals surface area (Å²) in [5, 5.41) is 2.76. The first-order valence-corrected chi connectivity index (χ1v) is 6.76. The zero-order chi connectivity index (χ0) is 15.1. The SMILES string of the molecule is CCOc1ccc(OCC(=O)Nc2cccnc2C)cc1. The fraction of sp³-hybridized carbons (Fsp3) is 0.250. The Morgan fingerprint density at radius 3 is 2.43 bits per heavy atom. The smallest absolute Gasteiger partial charge is 0.262 e. The minimum atomic E-state index is -0.222. The van der Waals surface area contributed by atoms with Crippen molar-refractivity contribution in [2.75, 3.05) is 18.5 Å². The molecule has 5 heteroatoms. The van der Waals surface area contributed by atoms with Crippen LogP contribution < -0.4 is 14.8 Å². The number of carbonyl (C=O) groups excluding carboxylic acids is 1. The fourth-order valence-electron chi connectivity index (χ4n) is 1.75. The molecule has 0 aliphatic carbocycles. The van der Waals surface area contributed by atoms with Gasteiger partial charge in [0.2, 0.25) is 0 Å². The van der Waals surface area contributed by atoms with Crippen molar-refractivity contribution in [1.29, 1.82) is 0 Å². The van der Waals surface area contributed by atoms with Crippen LogP contribution in [-0.4, -0.2) is 24.1 Å². The number of hydrogen-bond donors (Lipinski definition) is 1. The van der Waals surface area contributed by atoms with E-state index >= 15 is 0 Å². The van der Waals surface area contributed by atoms with Crippen molar-refractivity contribution >= 4 is 11.6 Å². The summed E-state index contributed by atoms with van der Waals surface area (Å²) in [4.78, 5) is 15.9. The molecule has 0 bridgehead atoms. The van der Waals surface area contributed by atoms with Crippen LogP contribution in [-0.2, 0) is 4.79 Å². The van der Waals surface area contributed by atoms with Gasteiger partial charge < -0.3 is 14.8 Å². The Hall–Kier alpha value is -2.56. The third-order valence-corrected chi connectivity index (χ3v) is 2.79. The van der Waals surface area contributed by atoms with E-state index in [1.54, 1.807) is 30.5 Å². The van der Waals surface area contributed by atoms with Crippen molar-refractivity contribution in [3.63, 3.8) is 0 Å². The normalized spacial score (nSPS) is 10.0. The molecule has 2 aromatic rings. The lowest BCUT2D eigenvalue weighted by Crippen LogP contribution is -2.20.